The second kappa shape index (κ2) is 8.43. The van der Waals surface area contributed by atoms with Crippen molar-refractivity contribution in [1.29, 1.82) is 0 Å². The SMILES string of the molecule is CC(C)CCOC(C)C(=O)Nc1nc(-c2ccccc2Cl)cs1. The summed E-state index contributed by atoms with van der Waals surface area (Å²) in [7, 11) is 0. The van der Waals surface area contributed by atoms with Crippen LogP contribution in [0.25, 0.3) is 11.3 Å². The van der Waals surface area contributed by atoms with Crippen molar-refractivity contribution in [3.8, 4) is 11.3 Å². The molecular weight excluding hydrogens is 332 g/mol. The smallest absolute Gasteiger partial charge is 0.254 e. The molecule has 23 heavy (non-hydrogen) atoms. The molecule has 0 aliphatic heterocycles. The molecule has 1 N–H and O–H groups in total. The predicted octanol–water partition coefficient (Wildman–Crippen LogP) is 4.85. The highest BCUT2D eigenvalue weighted by Gasteiger charge is 2.16. The monoisotopic (exact) mass is 352 g/mol. The molecule has 0 fully saturated rings. The molecular formula is C17H21ClN2O2S. The van der Waals surface area contributed by atoms with Crippen molar-refractivity contribution in [3.05, 3.63) is 34.7 Å². The molecule has 6 heteroatoms. The van der Waals surface area contributed by atoms with E-state index in [4.69, 9.17) is 16.3 Å². The Morgan fingerprint density at radius 3 is 2.78 bits per heavy atom. The second-order valence-electron chi connectivity index (χ2n) is 5.70. The van der Waals surface area contributed by atoms with Crippen molar-refractivity contribution in [3.63, 3.8) is 0 Å². The maximum absolute atomic E-state index is 12.1. The molecule has 4 nitrogen and oxygen atoms in total. The predicted molar refractivity (Wildman–Crippen MR) is 96.1 cm³/mol. The van der Waals surface area contributed by atoms with Crippen molar-refractivity contribution in [1.82, 2.24) is 4.98 Å². The Hall–Kier alpha value is -1.43. The van der Waals surface area contributed by atoms with Crippen LogP contribution in [0.5, 0.6) is 0 Å². The van der Waals surface area contributed by atoms with Crippen molar-refractivity contribution in [2.45, 2.75) is 33.3 Å². The minimum absolute atomic E-state index is 0.186. The number of amides is 1. The Morgan fingerprint density at radius 1 is 1.35 bits per heavy atom. The van der Waals surface area contributed by atoms with Gasteiger partial charge in [0, 0.05) is 22.6 Å². The molecule has 0 saturated heterocycles. The van der Waals surface area contributed by atoms with Crippen LogP contribution in [0.4, 0.5) is 5.13 Å². The third kappa shape index (κ3) is 5.30. The van der Waals surface area contributed by atoms with Crippen LogP contribution in [-0.4, -0.2) is 23.6 Å². The largest absolute Gasteiger partial charge is 0.369 e. The Labute approximate surface area is 145 Å². The lowest BCUT2D eigenvalue weighted by atomic mass is 10.1. The lowest BCUT2D eigenvalue weighted by Gasteiger charge is -2.13. The number of hydrogen-bond donors (Lipinski definition) is 1. The maximum Gasteiger partial charge on any atom is 0.254 e. The lowest BCUT2D eigenvalue weighted by Crippen LogP contribution is -2.28. The molecule has 0 radical (unpaired) electrons. The number of nitrogens with zero attached hydrogens (tertiary/aromatic N) is 1. The molecule has 0 aliphatic carbocycles. The lowest BCUT2D eigenvalue weighted by molar-refractivity contribution is -0.126. The Balaban J connectivity index is 1.94. The van der Waals surface area contributed by atoms with Crippen LogP contribution in [-0.2, 0) is 9.53 Å². The van der Waals surface area contributed by atoms with Gasteiger partial charge in [0.25, 0.3) is 5.91 Å². The molecule has 1 atom stereocenters. The molecule has 1 aromatic carbocycles. The fourth-order valence-electron chi connectivity index (χ4n) is 1.89. The van der Waals surface area contributed by atoms with Crippen LogP contribution in [0, 0.1) is 5.92 Å². The van der Waals surface area contributed by atoms with Crippen LogP contribution in [0.3, 0.4) is 0 Å². The summed E-state index contributed by atoms with van der Waals surface area (Å²) in [4.78, 5) is 16.5. The number of carbonyl (C=O) groups is 1. The normalized spacial score (nSPS) is 12.4. The van der Waals surface area contributed by atoms with Gasteiger partial charge in [-0.15, -0.1) is 11.3 Å². The van der Waals surface area contributed by atoms with E-state index >= 15 is 0 Å². The maximum atomic E-state index is 12.1. The van der Waals surface area contributed by atoms with Gasteiger partial charge in [-0.3, -0.25) is 10.1 Å². The number of ether oxygens (including phenoxy) is 1. The molecule has 1 unspecified atom stereocenters. The van der Waals surface area contributed by atoms with E-state index in [0.29, 0.717) is 22.7 Å². The average molecular weight is 353 g/mol. The molecule has 2 aromatic rings. The van der Waals surface area contributed by atoms with Crippen LogP contribution in [0.15, 0.2) is 29.6 Å². The van der Waals surface area contributed by atoms with Gasteiger partial charge >= 0.3 is 0 Å². The van der Waals surface area contributed by atoms with Crippen molar-refractivity contribution in [2.24, 2.45) is 5.92 Å². The molecule has 124 valence electrons. The zero-order valence-corrected chi connectivity index (χ0v) is 15.1. The molecule has 1 aromatic heterocycles. The Bertz CT molecular complexity index is 658. The number of thiazole rings is 1. The summed E-state index contributed by atoms with van der Waals surface area (Å²) < 4.78 is 5.54. The third-order valence-corrected chi connectivity index (χ3v) is 4.40. The first-order chi connectivity index (χ1) is 11.0. The van der Waals surface area contributed by atoms with Gasteiger partial charge in [0.2, 0.25) is 0 Å². The third-order valence-electron chi connectivity index (χ3n) is 3.32. The van der Waals surface area contributed by atoms with Crippen molar-refractivity contribution < 1.29 is 9.53 Å². The number of hydrogen-bond acceptors (Lipinski definition) is 4. The zero-order valence-electron chi connectivity index (χ0n) is 13.5. The van der Waals surface area contributed by atoms with E-state index in [9.17, 15) is 4.79 Å². The summed E-state index contributed by atoms with van der Waals surface area (Å²) in [6, 6.07) is 7.50. The fraction of sp³-hybridized carbons (Fsp3) is 0.412. The molecule has 0 saturated carbocycles. The molecule has 0 spiro atoms. The number of aromatic nitrogens is 1. The van der Waals surface area contributed by atoms with Gasteiger partial charge in [-0.25, -0.2) is 4.98 Å². The molecule has 2 rings (SSSR count). The van der Waals surface area contributed by atoms with E-state index in [-0.39, 0.29) is 5.91 Å². The van der Waals surface area contributed by atoms with Crippen LogP contribution in [0.2, 0.25) is 5.02 Å². The highest BCUT2D eigenvalue weighted by molar-refractivity contribution is 7.14. The first kappa shape index (κ1) is 17.9. The van der Waals surface area contributed by atoms with Gasteiger partial charge in [0.15, 0.2) is 5.13 Å². The summed E-state index contributed by atoms with van der Waals surface area (Å²) >= 11 is 7.53. The summed E-state index contributed by atoms with van der Waals surface area (Å²) in [5.74, 6) is 0.371. The van der Waals surface area contributed by atoms with Crippen LogP contribution >= 0.6 is 22.9 Å². The van der Waals surface area contributed by atoms with E-state index in [1.54, 1.807) is 6.92 Å². The first-order valence-corrected chi connectivity index (χ1v) is 8.86. The van der Waals surface area contributed by atoms with E-state index in [1.807, 2.05) is 29.6 Å². The van der Waals surface area contributed by atoms with Gasteiger partial charge < -0.3 is 4.74 Å². The zero-order chi connectivity index (χ0) is 16.8. The van der Waals surface area contributed by atoms with E-state index in [2.05, 4.69) is 24.1 Å². The number of halogens is 1. The number of anilines is 1. The van der Waals surface area contributed by atoms with E-state index in [1.165, 1.54) is 11.3 Å². The van der Waals surface area contributed by atoms with Gasteiger partial charge in [-0.05, 0) is 25.3 Å². The number of benzene rings is 1. The van der Waals surface area contributed by atoms with Crippen molar-refractivity contribution >= 4 is 34.0 Å². The van der Waals surface area contributed by atoms with Gasteiger partial charge in [-0.1, -0.05) is 43.6 Å². The summed E-state index contributed by atoms with van der Waals surface area (Å²) in [5, 5.41) is 5.85. The minimum atomic E-state index is -0.499. The number of rotatable bonds is 7. The fourth-order valence-corrected chi connectivity index (χ4v) is 2.83. The summed E-state index contributed by atoms with van der Waals surface area (Å²) in [5.41, 5.74) is 1.61. The van der Waals surface area contributed by atoms with Gasteiger partial charge in [0.05, 0.1) is 5.69 Å². The Kier molecular flexibility index (Phi) is 6.57. The van der Waals surface area contributed by atoms with E-state index in [0.717, 1.165) is 17.7 Å². The second-order valence-corrected chi connectivity index (χ2v) is 6.97. The van der Waals surface area contributed by atoms with Gasteiger partial charge in [0.1, 0.15) is 6.10 Å². The quantitative estimate of drug-likeness (QED) is 0.774. The summed E-state index contributed by atoms with van der Waals surface area (Å²) in [6.45, 7) is 6.58. The topological polar surface area (TPSA) is 51.2 Å². The Morgan fingerprint density at radius 2 is 2.09 bits per heavy atom. The highest BCUT2D eigenvalue weighted by atomic mass is 35.5. The molecule has 0 aliphatic rings. The minimum Gasteiger partial charge on any atom is -0.369 e. The van der Waals surface area contributed by atoms with Crippen molar-refractivity contribution in [2.75, 3.05) is 11.9 Å². The standard InChI is InChI=1S/C17H21ClN2O2S/c1-11(2)8-9-22-12(3)16(21)20-17-19-15(10-23-17)13-6-4-5-7-14(13)18/h4-7,10-12H,8-9H2,1-3H3,(H,19,20,21). The number of nitrogens with one attached hydrogen (secondary N) is 1. The molecule has 1 heterocycles. The van der Waals surface area contributed by atoms with Crippen LogP contribution < -0.4 is 5.32 Å². The number of carbonyl (C=O) groups excluding carboxylic acids is 1. The first-order valence-electron chi connectivity index (χ1n) is 7.60. The molecule has 0 bridgehead atoms. The van der Waals surface area contributed by atoms with E-state index < -0.39 is 6.10 Å². The highest BCUT2D eigenvalue weighted by Crippen LogP contribution is 2.30. The molecule has 1 amide bonds. The van der Waals surface area contributed by atoms with Gasteiger partial charge in [-0.2, -0.15) is 0 Å². The average Bonchev–Trinajstić information content (AvgIpc) is 2.95. The van der Waals surface area contributed by atoms with Crippen LogP contribution in [0.1, 0.15) is 27.2 Å². The summed E-state index contributed by atoms with van der Waals surface area (Å²) in [6.07, 6.45) is 0.437.